The zero-order valence-corrected chi connectivity index (χ0v) is 12.0. The van der Waals surface area contributed by atoms with E-state index in [1.807, 2.05) is 43.5 Å². The molecule has 0 aliphatic carbocycles. The minimum Gasteiger partial charge on any atom is -0.467 e. The lowest BCUT2D eigenvalue weighted by molar-refractivity contribution is -0.149. The molecule has 5 nitrogen and oxygen atoms in total. The van der Waals surface area contributed by atoms with Gasteiger partial charge >= 0.3 is 5.97 Å². The highest BCUT2D eigenvalue weighted by molar-refractivity contribution is 5.82. The summed E-state index contributed by atoms with van der Waals surface area (Å²) >= 11 is 0. The molecule has 0 saturated carbocycles. The first-order valence-electron chi connectivity index (χ1n) is 6.44. The molecule has 0 saturated heterocycles. The zero-order chi connectivity index (χ0) is 14.6. The summed E-state index contributed by atoms with van der Waals surface area (Å²) in [6.45, 7) is 2.33. The van der Waals surface area contributed by atoms with Crippen LogP contribution in [0.25, 0.3) is 0 Å². The molecular weight excluding hydrogens is 254 g/mol. The molecular formula is C15H19N3O2. The first-order chi connectivity index (χ1) is 9.62. The number of aryl methyl sites for hydroxylation is 1. The maximum absolute atomic E-state index is 12.4. The average molecular weight is 273 g/mol. The number of hydrogen-bond acceptors (Lipinski definition) is 4. The van der Waals surface area contributed by atoms with Crippen molar-refractivity contribution in [3.8, 4) is 0 Å². The van der Waals surface area contributed by atoms with E-state index in [0.29, 0.717) is 6.54 Å². The summed E-state index contributed by atoms with van der Waals surface area (Å²) in [7, 11) is 3.14. The van der Waals surface area contributed by atoms with E-state index < -0.39 is 5.54 Å². The van der Waals surface area contributed by atoms with Crippen LogP contribution in [0.2, 0.25) is 0 Å². The largest absolute Gasteiger partial charge is 0.467 e. The van der Waals surface area contributed by atoms with Crippen LogP contribution in [0.4, 0.5) is 0 Å². The summed E-state index contributed by atoms with van der Waals surface area (Å²) in [6.07, 6.45) is 3.67. The standard InChI is InChI=1S/C15H19N3O2/c1-12-9-17-18(10-12)11-15(16-2,14(19)20-3)13-7-5-4-6-8-13/h4-10,16H,11H2,1-3H3. The van der Waals surface area contributed by atoms with Crippen molar-refractivity contribution < 1.29 is 9.53 Å². The van der Waals surface area contributed by atoms with Crippen LogP contribution < -0.4 is 5.32 Å². The minimum absolute atomic E-state index is 0.334. The van der Waals surface area contributed by atoms with Crippen molar-refractivity contribution in [3.05, 3.63) is 53.9 Å². The van der Waals surface area contributed by atoms with Gasteiger partial charge in [0.2, 0.25) is 0 Å². The van der Waals surface area contributed by atoms with E-state index >= 15 is 0 Å². The molecule has 0 spiro atoms. The maximum Gasteiger partial charge on any atom is 0.332 e. The molecule has 0 fully saturated rings. The molecule has 1 unspecified atom stereocenters. The Morgan fingerprint density at radius 2 is 2.10 bits per heavy atom. The van der Waals surface area contributed by atoms with E-state index in [2.05, 4.69) is 10.4 Å². The number of methoxy groups -OCH3 is 1. The summed E-state index contributed by atoms with van der Waals surface area (Å²) in [5, 5.41) is 7.36. The summed E-state index contributed by atoms with van der Waals surface area (Å²) in [5.41, 5.74) is 0.949. The Kier molecular flexibility index (Phi) is 4.20. The monoisotopic (exact) mass is 273 g/mol. The van der Waals surface area contributed by atoms with Crippen LogP contribution in [0.15, 0.2) is 42.7 Å². The molecule has 1 heterocycles. The topological polar surface area (TPSA) is 56.2 Å². The SMILES string of the molecule is CNC(Cn1cc(C)cn1)(C(=O)OC)c1ccccc1. The zero-order valence-electron chi connectivity index (χ0n) is 12.0. The van der Waals surface area contributed by atoms with Gasteiger partial charge in [0.25, 0.3) is 0 Å². The molecule has 0 radical (unpaired) electrons. The van der Waals surface area contributed by atoms with Gasteiger partial charge in [0.1, 0.15) is 0 Å². The van der Waals surface area contributed by atoms with Gasteiger partial charge in [0.15, 0.2) is 5.54 Å². The molecule has 1 atom stereocenters. The van der Waals surface area contributed by atoms with Crippen LogP contribution in [-0.4, -0.2) is 29.9 Å². The number of ether oxygens (including phenoxy) is 1. The Labute approximate surface area is 118 Å². The predicted octanol–water partition coefficient (Wildman–Crippen LogP) is 1.48. The van der Waals surface area contributed by atoms with Gasteiger partial charge in [0, 0.05) is 6.20 Å². The second-order valence-electron chi connectivity index (χ2n) is 4.73. The fourth-order valence-corrected chi connectivity index (χ4v) is 2.29. The van der Waals surface area contributed by atoms with E-state index in [0.717, 1.165) is 11.1 Å². The van der Waals surface area contributed by atoms with Crippen LogP contribution in [0.5, 0.6) is 0 Å². The van der Waals surface area contributed by atoms with Gasteiger partial charge < -0.3 is 4.74 Å². The minimum atomic E-state index is -0.950. The van der Waals surface area contributed by atoms with Crippen molar-refractivity contribution in [3.63, 3.8) is 0 Å². The van der Waals surface area contributed by atoms with Gasteiger partial charge in [0.05, 0.1) is 19.9 Å². The fraction of sp³-hybridized carbons (Fsp3) is 0.333. The number of aromatic nitrogens is 2. The lowest BCUT2D eigenvalue weighted by atomic mass is 9.90. The molecule has 1 N–H and O–H groups in total. The molecule has 0 bridgehead atoms. The van der Waals surface area contributed by atoms with Gasteiger partial charge in [-0.15, -0.1) is 0 Å². The van der Waals surface area contributed by atoms with E-state index in [4.69, 9.17) is 4.74 Å². The van der Waals surface area contributed by atoms with Crippen LogP contribution in [0.3, 0.4) is 0 Å². The molecule has 5 heteroatoms. The number of carbonyl (C=O) groups excluding carboxylic acids is 1. The molecule has 20 heavy (non-hydrogen) atoms. The second-order valence-corrected chi connectivity index (χ2v) is 4.73. The third-order valence-corrected chi connectivity index (χ3v) is 3.39. The number of esters is 1. The van der Waals surface area contributed by atoms with E-state index in [9.17, 15) is 4.79 Å². The van der Waals surface area contributed by atoms with Crippen molar-refractivity contribution in [1.29, 1.82) is 0 Å². The number of carbonyl (C=O) groups is 1. The van der Waals surface area contributed by atoms with E-state index in [1.165, 1.54) is 7.11 Å². The molecule has 1 aromatic heterocycles. The highest BCUT2D eigenvalue weighted by Gasteiger charge is 2.40. The Morgan fingerprint density at radius 3 is 2.60 bits per heavy atom. The van der Waals surface area contributed by atoms with Crippen LogP contribution in [-0.2, 0) is 21.6 Å². The van der Waals surface area contributed by atoms with Crippen LogP contribution >= 0.6 is 0 Å². The summed E-state index contributed by atoms with van der Waals surface area (Å²) in [4.78, 5) is 12.4. The normalized spacial score (nSPS) is 13.8. The number of likely N-dealkylation sites (N-methyl/N-ethyl adjacent to an activating group) is 1. The third-order valence-electron chi connectivity index (χ3n) is 3.39. The highest BCUT2D eigenvalue weighted by atomic mass is 16.5. The lowest BCUT2D eigenvalue weighted by Gasteiger charge is -2.31. The van der Waals surface area contributed by atoms with Crippen molar-refractivity contribution in [2.45, 2.75) is 19.0 Å². The van der Waals surface area contributed by atoms with Crippen LogP contribution in [0, 0.1) is 6.92 Å². The predicted molar refractivity (Wildman–Crippen MR) is 76.2 cm³/mol. The third kappa shape index (κ3) is 2.58. The molecule has 106 valence electrons. The smallest absolute Gasteiger partial charge is 0.332 e. The summed E-state index contributed by atoms with van der Waals surface area (Å²) < 4.78 is 6.74. The first kappa shape index (κ1) is 14.3. The summed E-state index contributed by atoms with van der Waals surface area (Å²) in [6, 6.07) is 9.53. The van der Waals surface area contributed by atoms with E-state index in [-0.39, 0.29) is 5.97 Å². The van der Waals surface area contributed by atoms with Gasteiger partial charge in [-0.3, -0.25) is 10.00 Å². The molecule has 2 aromatic rings. The maximum atomic E-state index is 12.4. The Hall–Kier alpha value is -2.14. The van der Waals surface area contributed by atoms with Gasteiger partial charge in [-0.25, -0.2) is 4.79 Å². The summed E-state index contributed by atoms with van der Waals surface area (Å²) in [5.74, 6) is -0.334. The Morgan fingerprint density at radius 1 is 1.40 bits per heavy atom. The molecule has 0 aliphatic heterocycles. The molecule has 2 rings (SSSR count). The van der Waals surface area contributed by atoms with Crippen molar-refractivity contribution in [2.24, 2.45) is 0 Å². The number of nitrogens with zero attached hydrogens (tertiary/aromatic N) is 2. The first-order valence-corrected chi connectivity index (χ1v) is 6.44. The molecule has 0 aliphatic rings. The number of hydrogen-bond donors (Lipinski definition) is 1. The fourth-order valence-electron chi connectivity index (χ4n) is 2.29. The van der Waals surface area contributed by atoms with E-state index in [1.54, 1.807) is 17.9 Å². The quantitative estimate of drug-likeness (QED) is 0.838. The van der Waals surface area contributed by atoms with Crippen molar-refractivity contribution in [2.75, 3.05) is 14.2 Å². The van der Waals surface area contributed by atoms with Crippen molar-refractivity contribution >= 4 is 5.97 Å². The molecule has 1 aromatic carbocycles. The van der Waals surface area contributed by atoms with Gasteiger partial charge in [-0.1, -0.05) is 30.3 Å². The lowest BCUT2D eigenvalue weighted by Crippen LogP contribution is -2.51. The Bertz CT molecular complexity index is 580. The number of nitrogens with one attached hydrogen (secondary N) is 1. The average Bonchev–Trinajstić information content (AvgIpc) is 2.90. The Balaban J connectivity index is 2.45. The second kappa shape index (κ2) is 5.88. The highest BCUT2D eigenvalue weighted by Crippen LogP contribution is 2.24. The van der Waals surface area contributed by atoms with Gasteiger partial charge in [-0.2, -0.15) is 5.10 Å². The van der Waals surface area contributed by atoms with Gasteiger partial charge in [-0.05, 0) is 25.1 Å². The van der Waals surface area contributed by atoms with Crippen molar-refractivity contribution in [1.82, 2.24) is 15.1 Å². The number of benzene rings is 1. The molecule has 0 amide bonds. The van der Waals surface area contributed by atoms with Crippen LogP contribution in [0.1, 0.15) is 11.1 Å². The number of rotatable bonds is 5.